The Kier molecular flexibility index (Phi) is 4.96. The van der Waals surface area contributed by atoms with Crippen molar-refractivity contribution in [3.8, 4) is 11.5 Å². The summed E-state index contributed by atoms with van der Waals surface area (Å²) < 4.78 is 58.6. The van der Waals surface area contributed by atoms with Crippen molar-refractivity contribution in [2.45, 2.75) is 18.0 Å². The van der Waals surface area contributed by atoms with Crippen LogP contribution in [-0.2, 0) is 10.0 Å². The van der Waals surface area contributed by atoms with Crippen molar-refractivity contribution in [3.05, 3.63) is 60.5 Å². The van der Waals surface area contributed by atoms with Crippen LogP contribution in [0.1, 0.15) is 6.92 Å². The number of nitrogens with one attached hydrogen (secondary N) is 2. The number of nitrogens with zero attached hydrogens (tertiary/aromatic N) is 2. The molecule has 10 heteroatoms. The van der Waals surface area contributed by atoms with Crippen LogP contribution < -0.4 is 10.0 Å². The number of hydrogen-bond donors (Lipinski definition) is 2. The Balaban J connectivity index is 1.74. The predicted molar refractivity (Wildman–Crippen MR) is 89.5 cm³/mol. The molecule has 136 valence electrons. The molecule has 1 unspecified atom stereocenters. The SMILES string of the molecule is CC(Nc1nccc(-c2ccco2)n1)NS(=O)(=O)c1ccc(F)cc1F. The number of rotatable bonds is 6. The second-order valence-electron chi connectivity index (χ2n) is 5.30. The highest BCUT2D eigenvalue weighted by Crippen LogP contribution is 2.18. The first kappa shape index (κ1) is 18.0. The van der Waals surface area contributed by atoms with E-state index in [1.165, 1.54) is 19.4 Å². The van der Waals surface area contributed by atoms with E-state index in [4.69, 9.17) is 4.42 Å². The minimum atomic E-state index is -4.21. The number of aromatic nitrogens is 2. The van der Waals surface area contributed by atoms with Crippen molar-refractivity contribution >= 4 is 16.0 Å². The molecule has 0 aliphatic heterocycles. The van der Waals surface area contributed by atoms with E-state index in [0.29, 0.717) is 17.5 Å². The second kappa shape index (κ2) is 7.18. The molecule has 26 heavy (non-hydrogen) atoms. The molecular formula is C16H14F2N4O3S. The van der Waals surface area contributed by atoms with Gasteiger partial charge in [0.05, 0.1) is 12.4 Å². The van der Waals surface area contributed by atoms with Crippen LogP contribution in [0.3, 0.4) is 0 Å². The van der Waals surface area contributed by atoms with E-state index in [-0.39, 0.29) is 5.95 Å². The van der Waals surface area contributed by atoms with Gasteiger partial charge in [0.2, 0.25) is 16.0 Å². The average Bonchev–Trinajstić information content (AvgIpc) is 3.08. The van der Waals surface area contributed by atoms with E-state index in [9.17, 15) is 17.2 Å². The van der Waals surface area contributed by atoms with Gasteiger partial charge in [-0.1, -0.05) is 0 Å². The van der Waals surface area contributed by atoms with Crippen LogP contribution in [-0.4, -0.2) is 24.6 Å². The highest BCUT2D eigenvalue weighted by atomic mass is 32.2. The number of halogens is 2. The molecule has 0 saturated carbocycles. The summed E-state index contributed by atoms with van der Waals surface area (Å²) in [7, 11) is -4.21. The average molecular weight is 380 g/mol. The Morgan fingerprint density at radius 3 is 2.69 bits per heavy atom. The van der Waals surface area contributed by atoms with E-state index in [1.807, 2.05) is 0 Å². The van der Waals surface area contributed by atoms with E-state index in [0.717, 1.165) is 12.1 Å². The van der Waals surface area contributed by atoms with Gasteiger partial charge in [-0.2, -0.15) is 4.72 Å². The maximum Gasteiger partial charge on any atom is 0.245 e. The van der Waals surface area contributed by atoms with E-state index < -0.39 is 32.7 Å². The zero-order valence-electron chi connectivity index (χ0n) is 13.5. The molecule has 0 spiro atoms. The molecule has 3 aromatic rings. The lowest BCUT2D eigenvalue weighted by atomic mass is 10.3. The fraction of sp³-hybridized carbons (Fsp3) is 0.125. The first-order chi connectivity index (χ1) is 12.3. The number of hydrogen-bond acceptors (Lipinski definition) is 6. The zero-order chi connectivity index (χ0) is 18.7. The maximum absolute atomic E-state index is 13.7. The quantitative estimate of drug-likeness (QED) is 0.638. The van der Waals surface area contributed by atoms with Gasteiger partial charge in [-0.15, -0.1) is 0 Å². The molecule has 1 atom stereocenters. The van der Waals surface area contributed by atoms with Crippen molar-refractivity contribution in [2.24, 2.45) is 0 Å². The lowest BCUT2D eigenvalue weighted by Gasteiger charge is -2.16. The summed E-state index contributed by atoms with van der Waals surface area (Å²) in [5.74, 6) is -1.37. The molecule has 0 aliphatic rings. The summed E-state index contributed by atoms with van der Waals surface area (Å²) in [5, 5.41) is 2.75. The first-order valence-electron chi connectivity index (χ1n) is 7.46. The van der Waals surface area contributed by atoms with Gasteiger partial charge in [-0.3, -0.25) is 0 Å². The molecule has 2 heterocycles. The lowest BCUT2D eigenvalue weighted by molar-refractivity contribution is 0.538. The van der Waals surface area contributed by atoms with Crippen molar-refractivity contribution in [2.75, 3.05) is 5.32 Å². The molecule has 0 radical (unpaired) electrons. The molecule has 0 bridgehead atoms. The molecule has 2 aromatic heterocycles. The summed E-state index contributed by atoms with van der Waals surface area (Å²) in [6, 6.07) is 7.28. The van der Waals surface area contributed by atoms with Crippen LogP contribution in [0.15, 0.2) is 58.2 Å². The van der Waals surface area contributed by atoms with Crippen molar-refractivity contribution in [1.29, 1.82) is 0 Å². The molecule has 2 N–H and O–H groups in total. The Morgan fingerprint density at radius 2 is 2.00 bits per heavy atom. The predicted octanol–water partition coefficient (Wildman–Crippen LogP) is 2.75. The van der Waals surface area contributed by atoms with Crippen LogP contribution in [0, 0.1) is 11.6 Å². The molecule has 1 aromatic carbocycles. The molecule has 7 nitrogen and oxygen atoms in total. The minimum Gasteiger partial charge on any atom is -0.463 e. The number of anilines is 1. The van der Waals surface area contributed by atoms with Crippen molar-refractivity contribution < 1.29 is 21.6 Å². The highest BCUT2D eigenvalue weighted by Gasteiger charge is 2.22. The maximum atomic E-state index is 13.7. The molecule has 0 aliphatic carbocycles. The van der Waals surface area contributed by atoms with Gasteiger partial charge in [-0.05, 0) is 37.3 Å². The molecule has 0 amide bonds. The first-order valence-corrected chi connectivity index (χ1v) is 8.94. The molecule has 0 fully saturated rings. The summed E-state index contributed by atoms with van der Waals surface area (Å²) in [5.41, 5.74) is 0.507. The Bertz CT molecular complexity index is 1010. The van der Waals surface area contributed by atoms with E-state index in [2.05, 4.69) is 20.0 Å². The van der Waals surface area contributed by atoms with Crippen LogP contribution in [0.2, 0.25) is 0 Å². The van der Waals surface area contributed by atoms with Crippen LogP contribution in [0.4, 0.5) is 14.7 Å². The van der Waals surface area contributed by atoms with Crippen LogP contribution >= 0.6 is 0 Å². The van der Waals surface area contributed by atoms with Gasteiger partial charge in [-0.25, -0.2) is 27.2 Å². The van der Waals surface area contributed by atoms with Gasteiger partial charge >= 0.3 is 0 Å². The summed E-state index contributed by atoms with van der Waals surface area (Å²) in [4.78, 5) is 7.56. The zero-order valence-corrected chi connectivity index (χ0v) is 14.3. The molecule has 3 rings (SSSR count). The van der Waals surface area contributed by atoms with Crippen LogP contribution in [0.25, 0.3) is 11.5 Å². The van der Waals surface area contributed by atoms with E-state index in [1.54, 1.807) is 18.2 Å². The third kappa shape index (κ3) is 4.03. The fourth-order valence-corrected chi connectivity index (χ4v) is 3.42. The summed E-state index contributed by atoms with van der Waals surface area (Å²) in [6.07, 6.45) is 2.11. The monoisotopic (exact) mass is 380 g/mol. The molecular weight excluding hydrogens is 366 g/mol. The third-order valence-electron chi connectivity index (χ3n) is 3.29. The summed E-state index contributed by atoms with van der Waals surface area (Å²) in [6.45, 7) is 1.49. The largest absolute Gasteiger partial charge is 0.463 e. The van der Waals surface area contributed by atoms with Crippen molar-refractivity contribution in [3.63, 3.8) is 0 Å². The fourth-order valence-electron chi connectivity index (χ4n) is 2.20. The standard InChI is InChI=1S/C16H14F2N4O3S/c1-10(22-26(23,24)15-5-4-11(17)9-12(15)18)20-16-19-7-6-13(21-16)14-3-2-8-25-14/h2-10,22H,1H3,(H,19,20,21). The van der Waals surface area contributed by atoms with Gasteiger partial charge in [0.15, 0.2) is 5.76 Å². The number of furan rings is 1. The van der Waals surface area contributed by atoms with Gasteiger partial charge < -0.3 is 9.73 Å². The molecule has 0 saturated heterocycles. The minimum absolute atomic E-state index is 0.147. The normalized spacial score (nSPS) is 12.7. The Morgan fingerprint density at radius 1 is 1.19 bits per heavy atom. The van der Waals surface area contributed by atoms with E-state index >= 15 is 0 Å². The smallest absolute Gasteiger partial charge is 0.245 e. The second-order valence-corrected chi connectivity index (χ2v) is 6.99. The lowest BCUT2D eigenvalue weighted by Crippen LogP contribution is -2.38. The summed E-state index contributed by atoms with van der Waals surface area (Å²) >= 11 is 0. The van der Waals surface area contributed by atoms with Crippen LogP contribution in [0.5, 0.6) is 0 Å². The number of benzene rings is 1. The highest BCUT2D eigenvalue weighted by molar-refractivity contribution is 7.89. The third-order valence-corrected chi connectivity index (χ3v) is 4.86. The van der Waals surface area contributed by atoms with Gasteiger partial charge in [0.25, 0.3) is 0 Å². The van der Waals surface area contributed by atoms with Gasteiger partial charge in [0, 0.05) is 12.3 Å². The number of sulfonamides is 1. The van der Waals surface area contributed by atoms with Gasteiger partial charge in [0.1, 0.15) is 22.2 Å². The topological polar surface area (TPSA) is 97.1 Å². The van der Waals surface area contributed by atoms with Crippen molar-refractivity contribution in [1.82, 2.24) is 14.7 Å². The Hall–Kier alpha value is -2.85. The Labute approximate surface area is 148 Å².